The van der Waals surface area contributed by atoms with Gasteiger partial charge in [-0.25, -0.2) is 0 Å². The third-order valence-electron chi connectivity index (χ3n) is 4.56. The summed E-state index contributed by atoms with van der Waals surface area (Å²) in [6.07, 6.45) is -0.855. The molecule has 4 rings (SSSR count). The molecule has 1 unspecified atom stereocenters. The van der Waals surface area contributed by atoms with Crippen LogP contribution in [0.3, 0.4) is 0 Å². The number of pyridine rings is 1. The summed E-state index contributed by atoms with van der Waals surface area (Å²) in [7, 11) is 1.56. The first kappa shape index (κ1) is 21.2. The molecule has 1 aromatic carbocycles. The molecule has 0 radical (unpaired) electrons. The zero-order valence-corrected chi connectivity index (χ0v) is 18.8. The first-order chi connectivity index (χ1) is 14.9. The molecule has 10 heteroatoms. The molecule has 0 N–H and O–H groups in total. The number of methoxy groups -OCH3 is 1. The van der Waals surface area contributed by atoms with Gasteiger partial charge in [-0.3, -0.25) is 4.98 Å². The average molecular weight is 490 g/mol. The van der Waals surface area contributed by atoms with Gasteiger partial charge in [-0.1, -0.05) is 0 Å². The Morgan fingerprint density at radius 1 is 1.00 bits per heavy atom. The molecule has 4 aromatic rings. The minimum atomic E-state index is -4.48. The Morgan fingerprint density at radius 2 is 1.84 bits per heavy atom. The predicted molar refractivity (Wildman–Crippen MR) is 112 cm³/mol. The fourth-order valence-corrected chi connectivity index (χ4v) is 3.32. The van der Waals surface area contributed by atoms with Gasteiger partial charge in [-0.2, -0.15) is 13.2 Å². The van der Waals surface area contributed by atoms with E-state index in [1.807, 2.05) is 18.2 Å². The van der Waals surface area contributed by atoms with Crippen molar-refractivity contribution in [1.29, 1.82) is 0 Å². The molecule has 0 aliphatic rings. The Balaban J connectivity index is 1.76. The number of hydrogen-bond acceptors (Lipinski definition) is 5. The Morgan fingerprint density at radius 3 is 2.58 bits per heavy atom. The zero-order valence-electron chi connectivity index (χ0n) is 16.4. The van der Waals surface area contributed by atoms with Gasteiger partial charge in [0.05, 0.1) is 5.56 Å². The Kier molecular flexibility index (Phi) is 5.87. The van der Waals surface area contributed by atoms with Crippen LogP contribution < -0.4 is 9.47 Å². The summed E-state index contributed by atoms with van der Waals surface area (Å²) in [5, 5.41) is 5.53. The van der Waals surface area contributed by atoms with Gasteiger partial charge < -0.3 is 0 Å². The standard InChI is InChI=1S/C21H18AsF3N4O2/c1-30-19-9-13(2-4-18(19)31-7-6-22)16-3-5-20-27-12-17(29(20)28-16)14-8-15(11-26-10-14)21(23,24)25/h2-5,8-12H,6-7,22H2,1H3. The summed E-state index contributed by atoms with van der Waals surface area (Å²) in [5.74, 6) is 1.22. The van der Waals surface area contributed by atoms with Gasteiger partial charge in [0, 0.05) is 12.4 Å². The molecular formula is C21H18AsF3N4O2. The second-order valence-corrected chi connectivity index (χ2v) is 7.81. The maximum atomic E-state index is 13.1. The van der Waals surface area contributed by atoms with Crippen molar-refractivity contribution < 1.29 is 22.6 Å². The molecule has 31 heavy (non-hydrogen) atoms. The number of ether oxygens (including phenoxy) is 2. The molecule has 6 nitrogen and oxygen atoms in total. The average Bonchev–Trinajstić information content (AvgIpc) is 3.20. The van der Waals surface area contributed by atoms with Gasteiger partial charge in [0.1, 0.15) is 0 Å². The summed E-state index contributed by atoms with van der Waals surface area (Å²) >= 11 is 1.58. The van der Waals surface area contributed by atoms with Gasteiger partial charge in [0.2, 0.25) is 0 Å². The van der Waals surface area contributed by atoms with Gasteiger partial charge in [-0.05, 0) is 6.07 Å². The van der Waals surface area contributed by atoms with E-state index in [-0.39, 0.29) is 5.56 Å². The van der Waals surface area contributed by atoms with Crippen LogP contribution in [0.25, 0.3) is 28.2 Å². The van der Waals surface area contributed by atoms with Crippen LogP contribution in [0.5, 0.6) is 11.5 Å². The van der Waals surface area contributed by atoms with Crippen LogP contribution in [-0.2, 0) is 6.18 Å². The van der Waals surface area contributed by atoms with Crippen LogP contribution in [0.15, 0.2) is 55.0 Å². The number of alkyl halides is 3. The van der Waals surface area contributed by atoms with E-state index in [9.17, 15) is 13.2 Å². The molecular weight excluding hydrogens is 472 g/mol. The summed E-state index contributed by atoms with van der Waals surface area (Å²) < 4.78 is 51.9. The van der Waals surface area contributed by atoms with E-state index in [1.54, 1.807) is 36.1 Å². The molecule has 0 saturated carbocycles. The first-order valence-electron chi connectivity index (χ1n) is 9.29. The van der Waals surface area contributed by atoms with Crippen LogP contribution in [-0.4, -0.2) is 50.2 Å². The van der Waals surface area contributed by atoms with Gasteiger partial charge >= 0.3 is 142 Å². The van der Waals surface area contributed by atoms with Crippen molar-refractivity contribution in [3.05, 3.63) is 60.6 Å². The fourth-order valence-electron chi connectivity index (χ4n) is 3.07. The number of aromatic nitrogens is 4. The molecule has 160 valence electrons. The van der Waals surface area contributed by atoms with Crippen LogP contribution in [0, 0.1) is 0 Å². The van der Waals surface area contributed by atoms with E-state index in [0.717, 1.165) is 23.0 Å². The molecule has 0 bridgehead atoms. The molecule has 0 fully saturated rings. The van der Waals surface area contributed by atoms with Crippen molar-refractivity contribution in [2.45, 2.75) is 11.4 Å². The SMILES string of the molecule is COc1cc(-c2ccc3ncc(-c4cncc(C(F)(F)F)c4)n3n2)ccc1OCC[AsH2]. The third kappa shape index (κ3) is 4.37. The van der Waals surface area contributed by atoms with Crippen LogP contribution in [0.4, 0.5) is 13.2 Å². The molecule has 0 spiro atoms. The molecule has 3 heterocycles. The Bertz CT molecular complexity index is 1230. The van der Waals surface area contributed by atoms with E-state index < -0.39 is 11.7 Å². The van der Waals surface area contributed by atoms with E-state index in [4.69, 9.17) is 9.47 Å². The summed E-state index contributed by atoms with van der Waals surface area (Å²) in [6, 6.07) is 10.1. The predicted octanol–water partition coefficient (Wildman–Crippen LogP) is 3.92. The van der Waals surface area contributed by atoms with Crippen molar-refractivity contribution in [2.75, 3.05) is 13.7 Å². The van der Waals surface area contributed by atoms with Crippen LogP contribution >= 0.6 is 0 Å². The molecule has 1 atom stereocenters. The fraction of sp³-hybridized carbons (Fsp3) is 0.190. The molecule has 0 saturated heterocycles. The third-order valence-corrected chi connectivity index (χ3v) is 5.05. The van der Waals surface area contributed by atoms with E-state index >= 15 is 0 Å². The Hall–Kier alpha value is -3.06. The quantitative estimate of drug-likeness (QED) is 0.384. The molecule has 0 amide bonds. The van der Waals surface area contributed by atoms with Crippen molar-refractivity contribution in [3.8, 4) is 34.0 Å². The monoisotopic (exact) mass is 490 g/mol. The topological polar surface area (TPSA) is 61.5 Å². The van der Waals surface area contributed by atoms with Crippen molar-refractivity contribution >= 4 is 22.5 Å². The number of fused-ring (bicyclic) bond motifs is 1. The second kappa shape index (κ2) is 8.59. The van der Waals surface area contributed by atoms with Crippen molar-refractivity contribution in [2.24, 2.45) is 0 Å². The van der Waals surface area contributed by atoms with E-state index in [2.05, 4.69) is 15.1 Å². The summed E-state index contributed by atoms with van der Waals surface area (Å²) in [5.41, 5.74) is 1.74. The number of hydrogen-bond donors (Lipinski definition) is 0. The second-order valence-electron chi connectivity index (χ2n) is 6.59. The van der Waals surface area contributed by atoms with Crippen LogP contribution in [0.2, 0.25) is 5.21 Å². The Labute approximate surface area is 184 Å². The van der Waals surface area contributed by atoms with Crippen molar-refractivity contribution in [1.82, 2.24) is 19.6 Å². The van der Waals surface area contributed by atoms with Gasteiger partial charge in [0.25, 0.3) is 0 Å². The van der Waals surface area contributed by atoms with Gasteiger partial charge in [0.15, 0.2) is 0 Å². The van der Waals surface area contributed by atoms with Crippen molar-refractivity contribution in [3.63, 3.8) is 0 Å². The van der Waals surface area contributed by atoms with E-state index in [1.165, 1.54) is 16.9 Å². The summed E-state index contributed by atoms with van der Waals surface area (Å²) in [4.78, 5) is 7.98. The number of nitrogens with zero attached hydrogens (tertiary/aromatic N) is 4. The maximum absolute atomic E-state index is 13.1. The zero-order chi connectivity index (χ0) is 22.0. The number of benzene rings is 1. The molecule has 0 aliphatic heterocycles. The van der Waals surface area contributed by atoms with Gasteiger partial charge in [-0.15, -0.1) is 0 Å². The first-order valence-corrected chi connectivity index (χ1v) is 11.0. The van der Waals surface area contributed by atoms with E-state index in [0.29, 0.717) is 35.1 Å². The molecule has 0 aliphatic carbocycles. The minimum absolute atomic E-state index is 0.273. The van der Waals surface area contributed by atoms with Crippen LogP contribution in [0.1, 0.15) is 5.56 Å². The summed E-state index contributed by atoms with van der Waals surface area (Å²) in [6.45, 7) is 0.601. The molecule has 3 aromatic heterocycles. The normalized spacial score (nSPS) is 11.6. The number of rotatable bonds is 6. The number of halogens is 3. The number of imidazole rings is 1.